The third kappa shape index (κ3) is 4.65. The molecular weight excluding hydrogens is 489 g/mol. The van der Waals surface area contributed by atoms with Crippen molar-refractivity contribution in [1.82, 2.24) is 24.6 Å². The van der Waals surface area contributed by atoms with E-state index in [0.29, 0.717) is 41.4 Å². The fourth-order valence-corrected chi connectivity index (χ4v) is 5.22. The molecule has 1 aliphatic heterocycles. The molecule has 0 unspecified atom stereocenters. The maximum absolute atomic E-state index is 14.8. The van der Waals surface area contributed by atoms with E-state index in [-0.39, 0.29) is 17.4 Å². The summed E-state index contributed by atoms with van der Waals surface area (Å²) in [5.74, 6) is 0.679. The minimum atomic E-state index is -0.381. The van der Waals surface area contributed by atoms with Gasteiger partial charge in [0.05, 0.1) is 11.4 Å². The predicted molar refractivity (Wildman–Crippen MR) is 138 cm³/mol. The molecule has 9 heteroatoms. The summed E-state index contributed by atoms with van der Waals surface area (Å²) >= 11 is 1.31. The van der Waals surface area contributed by atoms with Gasteiger partial charge in [-0.25, -0.2) is 9.37 Å². The number of aromatic nitrogens is 4. The number of thioether (sulfide) groups is 1. The van der Waals surface area contributed by atoms with Crippen LogP contribution in [0.4, 0.5) is 4.39 Å². The summed E-state index contributed by atoms with van der Waals surface area (Å²) < 4.78 is 22.1. The Morgan fingerprint density at radius 2 is 1.70 bits per heavy atom. The second-order valence-corrected chi connectivity index (χ2v) is 9.56. The summed E-state index contributed by atoms with van der Waals surface area (Å²) in [6.45, 7) is 1.20. The first-order valence-electron chi connectivity index (χ1n) is 11.9. The van der Waals surface area contributed by atoms with Crippen LogP contribution in [0.1, 0.15) is 27.5 Å². The van der Waals surface area contributed by atoms with Gasteiger partial charge in [0, 0.05) is 18.7 Å². The highest BCUT2D eigenvalue weighted by Crippen LogP contribution is 2.31. The largest absolute Gasteiger partial charge is 0.447 e. The normalized spacial score (nSPS) is 12.9. The summed E-state index contributed by atoms with van der Waals surface area (Å²) in [5.41, 5.74) is 3.87. The lowest BCUT2D eigenvalue weighted by atomic mass is 10.00. The molecule has 3 heterocycles. The number of halogens is 1. The van der Waals surface area contributed by atoms with Crippen LogP contribution in [-0.4, -0.2) is 37.1 Å². The lowest BCUT2D eigenvalue weighted by Gasteiger charge is -2.28. The molecule has 3 aromatic carbocycles. The standard InChI is InChI=1S/C28H22FN5O2S/c29-22-12-6-7-13-24(22)34-26(20-9-2-1-3-10-20)31-32-28(34)37-18-25-30-23(17-36-25)27(35)33-15-14-19-8-4-5-11-21(19)16-33/h1-13,17H,14-16,18H2. The molecule has 7 nitrogen and oxygen atoms in total. The van der Waals surface area contributed by atoms with Crippen molar-refractivity contribution in [2.24, 2.45) is 0 Å². The second kappa shape index (κ2) is 10.0. The topological polar surface area (TPSA) is 77.0 Å². The van der Waals surface area contributed by atoms with Gasteiger partial charge in [-0.3, -0.25) is 9.36 Å². The van der Waals surface area contributed by atoms with Crippen molar-refractivity contribution in [3.8, 4) is 17.1 Å². The number of rotatable bonds is 6. The molecule has 37 heavy (non-hydrogen) atoms. The molecule has 0 spiro atoms. The molecule has 0 saturated carbocycles. The molecule has 0 bridgehead atoms. The number of oxazole rings is 1. The van der Waals surface area contributed by atoms with Gasteiger partial charge in [0.1, 0.15) is 12.1 Å². The van der Waals surface area contributed by atoms with Crippen LogP contribution < -0.4 is 0 Å². The van der Waals surface area contributed by atoms with Crippen LogP contribution in [-0.2, 0) is 18.7 Å². The Hall–Kier alpha value is -4.24. The first-order chi connectivity index (χ1) is 18.2. The van der Waals surface area contributed by atoms with Gasteiger partial charge in [0.15, 0.2) is 16.7 Å². The Balaban J connectivity index is 1.22. The molecule has 5 aromatic rings. The smallest absolute Gasteiger partial charge is 0.276 e. The number of para-hydroxylation sites is 1. The Bertz CT molecular complexity index is 1570. The Kier molecular flexibility index (Phi) is 6.28. The monoisotopic (exact) mass is 511 g/mol. The summed E-state index contributed by atoms with van der Waals surface area (Å²) in [6, 6.07) is 24.2. The highest BCUT2D eigenvalue weighted by Gasteiger charge is 2.25. The fraction of sp³-hybridized carbons (Fsp3) is 0.143. The van der Waals surface area contributed by atoms with E-state index >= 15 is 0 Å². The minimum absolute atomic E-state index is 0.157. The van der Waals surface area contributed by atoms with E-state index in [9.17, 15) is 9.18 Å². The zero-order valence-electron chi connectivity index (χ0n) is 19.8. The van der Waals surface area contributed by atoms with E-state index in [1.54, 1.807) is 27.7 Å². The molecule has 0 aliphatic carbocycles. The molecule has 2 aromatic heterocycles. The number of carbonyl (C=O) groups excluding carboxylic acids is 1. The number of hydrogen-bond acceptors (Lipinski definition) is 6. The SMILES string of the molecule is O=C(c1coc(CSc2nnc(-c3ccccc3)n2-c2ccccc2F)n1)N1CCc2ccccc2C1. The zero-order chi connectivity index (χ0) is 25.2. The number of amides is 1. The van der Waals surface area contributed by atoms with Gasteiger partial charge >= 0.3 is 0 Å². The Morgan fingerprint density at radius 3 is 2.54 bits per heavy atom. The highest BCUT2D eigenvalue weighted by molar-refractivity contribution is 7.98. The number of benzene rings is 3. The van der Waals surface area contributed by atoms with E-state index in [1.165, 1.54) is 29.7 Å². The lowest BCUT2D eigenvalue weighted by molar-refractivity contribution is 0.0728. The van der Waals surface area contributed by atoms with Gasteiger partial charge < -0.3 is 9.32 Å². The molecule has 1 aliphatic rings. The molecule has 6 rings (SSSR count). The maximum Gasteiger partial charge on any atom is 0.276 e. The number of carbonyl (C=O) groups is 1. The van der Waals surface area contributed by atoms with Crippen molar-refractivity contribution in [2.75, 3.05) is 6.54 Å². The molecule has 0 saturated heterocycles. The summed E-state index contributed by atoms with van der Waals surface area (Å²) in [5, 5.41) is 9.16. The second-order valence-electron chi connectivity index (χ2n) is 8.62. The molecule has 184 valence electrons. The summed E-state index contributed by atoms with van der Waals surface area (Å²) in [6.07, 6.45) is 2.22. The first-order valence-corrected chi connectivity index (χ1v) is 12.8. The zero-order valence-corrected chi connectivity index (χ0v) is 20.6. The maximum atomic E-state index is 14.8. The average molecular weight is 512 g/mol. The fourth-order valence-electron chi connectivity index (χ4n) is 4.42. The van der Waals surface area contributed by atoms with E-state index < -0.39 is 0 Å². The molecule has 1 amide bonds. The number of hydrogen-bond donors (Lipinski definition) is 0. The van der Waals surface area contributed by atoms with Gasteiger partial charge in [-0.15, -0.1) is 10.2 Å². The van der Waals surface area contributed by atoms with Crippen molar-refractivity contribution < 1.29 is 13.6 Å². The average Bonchev–Trinajstić information content (AvgIpc) is 3.59. The van der Waals surface area contributed by atoms with Gasteiger partial charge in [-0.2, -0.15) is 0 Å². The molecule has 0 atom stereocenters. The van der Waals surface area contributed by atoms with Crippen LogP contribution in [0.15, 0.2) is 94.7 Å². The lowest BCUT2D eigenvalue weighted by Crippen LogP contribution is -2.36. The minimum Gasteiger partial charge on any atom is -0.447 e. The van der Waals surface area contributed by atoms with Crippen molar-refractivity contribution in [1.29, 1.82) is 0 Å². The van der Waals surface area contributed by atoms with Crippen molar-refractivity contribution >= 4 is 17.7 Å². The number of fused-ring (bicyclic) bond motifs is 1. The van der Waals surface area contributed by atoms with Gasteiger partial charge in [0.2, 0.25) is 5.89 Å². The van der Waals surface area contributed by atoms with Crippen LogP contribution >= 0.6 is 11.8 Å². The van der Waals surface area contributed by atoms with Crippen molar-refractivity contribution in [3.05, 3.63) is 114 Å². The van der Waals surface area contributed by atoms with E-state index in [0.717, 1.165) is 17.5 Å². The predicted octanol–water partition coefficient (Wildman–Crippen LogP) is 5.55. The quantitative estimate of drug-likeness (QED) is 0.278. The molecule has 0 fully saturated rings. The van der Waals surface area contributed by atoms with Crippen LogP contribution in [0, 0.1) is 5.82 Å². The van der Waals surface area contributed by atoms with Crippen LogP contribution in [0.5, 0.6) is 0 Å². The van der Waals surface area contributed by atoms with E-state index in [4.69, 9.17) is 4.42 Å². The van der Waals surface area contributed by atoms with Gasteiger partial charge in [0.25, 0.3) is 5.91 Å². The van der Waals surface area contributed by atoms with Crippen LogP contribution in [0.2, 0.25) is 0 Å². The number of nitrogens with zero attached hydrogens (tertiary/aromatic N) is 5. The van der Waals surface area contributed by atoms with Crippen LogP contribution in [0.3, 0.4) is 0 Å². The Labute approximate surface area is 217 Å². The van der Waals surface area contributed by atoms with Gasteiger partial charge in [-0.1, -0.05) is 78.5 Å². The molecular formula is C28H22FN5O2S. The summed E-state index contributed by atoms with van der Waals surface area (Å²) in [4.78, 5) is 19.3. The molecule has 0 N–H and O–H groups in total. The Morgan fingerprint density at radius 1 is 0.946 bits per heavy atom. The first kappa shape index (κ1) is 23.2. The third-order valence-corrected chi connectivity index (χ3v) is 7.19. The third-order valence-electron chi connectivity index (χ3n) is 6.27. The van der Waals surface area contributed by atoms with Gasteiger partial charge in [-0.05, 0) is 29.7 Å². The van der Waals surface area contributed by atoms with E-state index in [2.05, 4.69) is 27.3 Å². The summed E-state index contributed by atoms with van der Waals surface area (Å²) in [7, 11) is 0. The van der Waals surface area contributed by atoms with E-state index in [1.807, 2.05) is 42.5 Å². The van der Waals surface area contributed by atoms with Crippen molar-refractivity contribution in [2.45, 2.75) is 23.9 Å². The van der Waals surface area contributed by atoms with Crippen molar-refractivity contribution in [3.63, 3.8) is 0 Å². The van der Waals surface area contributed by atoms with Crippen LogP contribution in [0.25, 0.3) is 17.1 Å². The molecule has 0 radical (unpaired) electrons. The highest BCUT2D eigenvalue weighted by atomic mass is 32.2.